The van der Waals surface area contributed by atoms with E-state index in [-0.39, 0.29) is 24.0 Å². The van der Waals surface area contributed by atoms with Crippen LogP contribution in [0.5, 0.6) is 0 Å². The molecule has 0 N–H and O–H groups in total. The molecule has 164 valence electrons. The van der Waals surface area contributed by atoms with Crippen molar-refractivity contribution < 1.29 is 14.3 Å². The largest absolute Gasteiger partial charge is 0.444 e. The van der Waals surface area contributed by atoms with Crippen LogP contribution in [0.1, 0.15) is 66.2 Å². The van der Waals surface area contributed by atoms with E-state index in [2.05, 4.69) is 19.1 Å². The second-order valence-corrected chi connectivity index (χ2v) is 9.71. The molecule has 0 bridgehead atoms. The third kappa shape index (κ3) is 4.18. The van der Waals surface area contributed by atoms with Crippen molar-refractivity contribution in [2.75, 3.05) is 13.1 Å². The number of likely N-dealkylation sites (tertiary alicyclic amines) is 1. The van der Waals surface area contributed by atoms with E-state index in [1.165, 1.54) is 5.56 Å². The molecule has 0 radical (unpaired) electrons. The number of aryl methyl sites for hydroxylation is 2. The van der Waals surface area contributed by atoms with Crippen LogP contribution >= 0.6 is 0 Å². The predicted molar refractivity (Wildman–Crippen MR) is 121 cm³/mol. The molecule has 5 heteroatoms. The SMILES string of the molecule is CCc1cc(C)c2c(c1)C1CN(C(=O)OC(C)(C)C)CC1N(Cc1ccccc1)C2=O. The lowest BCUT2D eigenvalue weighted by atomic mass is 9.81. The molecular formula is C26H32N2O3. The highest BCUT2D eigenvalue weighted by Gasteiger charge is 2.47. The van der Waals surface area contributed by atoms with Gasteiger partial charge in [-0.1, -0.05) is 49.4 Å². The van der Waals surface area contributed by atoms with E-state index in [1.807, 2.05) is 62.9 Å². The van der Waals surface area contributed by atoms with Crippen LogP contribution < -0.4 is 0 Å². The van der Waals surface area contributed by atoms with Gasteiger partial charge in [0.05, 0.1) is 6.04 Å². The third-order valence-electron chi connectivity index (χ3n) is 6.25. The molecule has 2 aliphatic rings. The van der Waals surface area contributed by atoms with Gasteiger partial charge in [0.1, 0.15) is 5.60 Å². The van der Waals surface area contributed by atoms with E-state index in [9.17, 15) is 9.59 Å². The van der Waals surface area contributed by atoms with Crippen molar-refractivity contribution in [1.82, 2.24) is 9.80 Å². The van der Waals surface area contributed by atoms with Crippen molar-refractivity contribution in [2.45, 2.75) is 65.1 Å². The topological polar surface area (TPSA) is 49.9 Å². The van der Waals surface area contributed by atoms with E-state index in [0.29, 0.717) is 19.6 Å². The maximum atomic E-state index is 13.7. The van der Waals surface area contributed by atoms with Gasteiger partial charge in [0.25, 0.3) is 5.91 Å². The molecule has 31 heavy (non-hydrogen) atoms. The smallest absolute Gasteiger partial charge is 0.410 e. The van der Waals surface area contributed by atoms with E-state index in [4.69, 9.17) is 4.74 Å². The number of amides is 2. The Morgan fingerprint density at radius 1 is 1.10 bits per heavy atom. The monoisotopic (exact) mass is 420 g/mol. The number of hydrogen-bond donors (Lipinski definition) is 0. The van der Waals surface area contributed by atoms with E-state index < -0.39 is 5.60 Å². The zero-order chi connectivity index (χ0) is 22.3. The van der Waals surface area contributed by atoms with Crippen LogP contribution in [0.2, 0.25) is 0 Å². The Hall–Kier alpha value is -2.82. The Morgan fingerprint density at radius 2 is 1.81 bits per heavy atom. The average Bonchev–Trinajstić information content (AvgIpc) is 3.16. The second kappa shape index (κ2) is 8.03. The molecule has 4 rings (SSSR count). The summed E-state index contributed by atoms with van der Waals surface area (Å²) in [6, 6.07) is 14.3. The van der Waals surface area contributed by atoms with Crippen molar-refractivity contribution in [2.24, 2.45) is 0 Å². The van der Waals surface area contributed by atoms with Crippen molar-refractivity contribution >= 4 is 12.0 Å². The first-order valence-electron chi connectivity index (χ1n) is 11.1. The number of hydrogen-bond acceptors (Lipinski definition) is 3. The Kier molecular flexibility index (Phi) is 5.54. The molecule has 5 nitrogen and oxygen atoms in total. The highest BCUT2D eigenvalue weighted by atomic mass is 16.6. The molecule has 2 unspecified atom stereocenters. The zero-order valence-electron chi connectivity index (χ0n) is 19.1. The Balaban J connectivity index is 1.73. The maximum absolute atomic E-state index is 13.7. The van der Waals surface area contributed by atoms with Crippen LogP contribution in [0.3, 0.4) is 0 Å². The fraction of sp³-hybridized carbons (Fsp3) is 0.462. The van der Waals surface area contributed by atoms with E-state index >= 15 is 0 Å². The van der Waals surface area contributed by atoms with Gasteiger partial charge in [-0.05, 0) is 56.4 Å². The van der Waals surface area contributed by atoms with Gasteiger partial charge in [0.2, 0.25) is 0 Å². The molecule has 1 fully saturated rings. The molecule has 2 aromatic carbocycles. The van der Waals surface area contributed by atoms with Crippen molar-refractivity contribution in [3.63, 3.8) is 0 Å². The fourth-order valence-electron chi connectivity index (χ4n) is 4.83. The molecule has 2 amide bonds. The minimum Gasteiger partial charge on any atom is -0.444 e. The Bertz CT molecular complexity index is 994. The first-order chi connectivity index (χ1) is 14.7. The van der Waals surface area contributed by atoms with Crippen molar-refractivity contribution in [1.29, 1.82) is 0 Å². The first kappa shape index (κ1) is 21.4. The van der Waals surface area contributed by atoms with Gasteiger partial charge in [-0.15, -0.1) is 0 Å². The van der Waals surface area contributed by atoms with Crippen LogP contribution in [0, 0.1) is 6.92 Å². The number of fused-ring (bicyclic) bond motifs is 3. The summed E-state index contributed by atoms with van der Waals surface area (Å²) in [6.07, 6.45) is 0.613. The lowest BCUT2D eigenvalue weighted by molar-refractivity contribution is 0.0274. The number of benzene rings is 2. The first-order valence-corrected chi connectivity index (χ1v) is 11.1. The number of ether oxygens (including phenoxy) is 1. The summed E-state index contributed by atoms with van der Waals surface area (Å²) >= 11 is 0. The number of rotatable bonds is 3. The fourth-order valence-corrected chi connectivity index (χ4v) is 4.83. The Morgan fingerprint density at radius 3 is 2.45 bits per heavy atom. The molecule has 0 aromatic heterocycles. The lowest BCUT2D eigenvalue weighted by Gasteiger charge is -2.39. The quantitative estimate of drug-likeness (QED) is 0.708. The Labute approximate surface area is 185 Å². The number of carbonyl (C=O) groups is 2. The van der Waals surface area contributed by atoms with Crippen LogP contribution in [-0.4, -0.2) is 46.5 Å². The molecule has 0 spiro atoms. The molecule has 0 aliphatic carbocycles. The van der Waals surface area contributed by atoms with Gasteiger partial charge >= 0.3 is 6.09 Å². The summed E-state index contributed by atoms with van der Waals surface area (Å²) in [7, 11) is 0. The number of carbonyl (C=O) groups excluding carboxylic acids is 2. The molecule has 1 saturated heterocycles. The van der Waals surface area contributed by atoms with Gasteiger partial charge in [-0.25, -0.2) is 4.79 Å². The normalized spacial score (nSPS) is 20.5. The molecule has 2 heterocycles. The van der Waals surface area contributed by atoms with Gasteiger partial charge in [0.15, 0.2) is 0 Å². The van der Waals surface area contributed by atoms with E-state index in [0.717, 1.165) is 28.7 Å². The van der Waals surface area contributed by atoms with Gasteiger partial charge in [0, 0.05) is 31.1 Å². The van der Waals surface area contributed by atoms with Gasteiger partial charge < -0.3 is 14.5 Å². The zero-order valence-corrected chi connectivity index (χ0v) is 19.1. The van der Waals surface area contributed by atoms with E-state index in [1.54, 1.807) is 4.90 Å². The summed E-state index contributed by atoms with van der Waals surface area (Å²) in [5.74, 6) is 0.153. The summed E-state index contributed by atoms with van der Waals surface area (Å²) in [5, 5.41) is 0. The molecule has 2 aromatic rings. The molecule has 2 atom stereocenters. The average molecular weight is 421 g/mol. The third-order valence-corrected chi connectivity index (χ3v) is 6.25. The number of nitrogens with zero attached hydrogens (tertiary/aromatic N) is 2. The van der Waals surface area contributed by atoms with Crippen LogP contribution in [0.15, 0.2) is 42.5 Å². The molecule has 0 saturated carbocycles. The summed E-state index contributed by atoms with van der Waals surface area (Å²) < 4.78 is 5.65. The maximum Gasteiger partial charge on any atom is 0.410 e. The summed E-state index contributed by atoms with van der Waals surface area (Å²) in [5.41, 5.74) is 4.69. The molecule has 2 aliphatic heterocycles. The van der Waals surface area contributed by atoms with Crippen LogP contribution in [-0.2, 0) is 17.7 Å². The van der Waals surface area contributed by atoms with Crippen molar-refractivity contribution in [3.05, 3.63) is 70.3 Å². The lowest BCUT2D eigenvalue weighted by Crippen LogP contribution is -2.48. The predicted octanol–water partition coefficient (Wildman–Crippen LogP) is 4.92. The van der Waals surface area contributed by atoms with Gasteiger partial charge in [-0.3, -0.25) is 4.79 Å². The minimum absolute atomic E-state index is 0.0563. The molecular weight excluding hydrogens is 388 g/mol. The highest BCUT2D eigenvalue weighted by molar-refractivity contribution is 5.99. The van der Waals surface area contributed by atoms with Crippen LogP contribution in [0.4, 0.5) is 4.79 Å². The van der Waals surface area contributed by atoms with Gasteiger partial charge in [-0.2, -0.15) is 0 Å². The highest BCUT2D eigenvalue weighted by Crippen LogP contribution is 2.41. The summed E-state index contributed by atoms with van der Waals surface area (Å²) in [4.78, 5) is 30.3. The van der Waals surface area contributed by atoms with Crippen LogP contribution in [0.25, 0.3) is 0 Å². The van der Waals surface area contributed by atoms with Crippen molar-refractivity contribution in [3.8, 4) is 0 Å². The minimum atomic E-state index is -0.547. The second-order valence-electron chi connectivity index (χ2n) is 9.71. The standard InChI is InChI=1S/C26H32N2O3/c1-6-18-12-17(2)23-20(13-18)21-15-27(25(30)31-26(3,4)5)16-22(21)28(24(23)29)14-19-10-8-7-9-11-19/h7-13,21-22H,6,14-16H2,1-5H3. The summed E-state index contributed by atoms with van der Waals surface area (Å²) in [6.45, 7) is 11.4.